The van der Waals surface area contributed by atoms with Crippen LogP contribution in [-0.4, -0.2) is 0 Å². The van der Waals surface area contributed by atoms with Gasteiger partial charge in [0.2, 0.25) is 0 Å². The Bertz CT molecular complexity index is 998. The summed E-state index contributed by atoms with van der Waals surface area (Å²) in [6.07, 6.45) is 0. The smallest absolute Gasteiger partial charge is 0.350 e. The SMILES string of the molecule is ClP1(Cl)=NP(Cl)(Oc2ccccc2)=NP(Cl)(Cl)=NP(Cl)(Oc2ccccc2)=N1. The second-order valence-electron chi connectivity index (χ2n) is 5.02. The van der Waals surface area contributed by atoms with Crippen molar-refractivity contribution in [2.45, 2.75) is 0 Å². The molecular formula is C12H10Cl6N4O2P4. The summed E-state index contributed by atoms with van der Waals surface area (Å²) in [5.41, 5.74) is 0. The maximum atomic E-state index is 6.49. The van der Waals surface area contributed by atoms with Crippen LogP contribution in [0.2, 0.25) is 0 Å². The number of rotatable bonds is 4. The van der Waals surface area contributed by atoms with Crippen LogP contribution in [-0.2, 0) is 0 Å². The number of hydrogen-bond donors (Lipinski definition) is 0. The summed E-state index contributed by atoms with van der Waals surface area (Å²) in [7, 11) is 0. The molecule has 2 unspecified atom stereocenters. The molecule has 28 heavy (non-hydrogen) atoms. The van der Waals surface area contributed by atoms with E-state index in [-0.39, 0.29) is 0 Å². The van der Waals surface area contributed by atoms with E-state index < -0.39 is 25.4 Å². The molecule has 0 amide bonds. The Labute approximate surface area is 191 Å². The highest BCUT2D eigenvalue weighted by atomic mass is 35.9. The van der Waals surface area contributed by atoms with E-state index in [1.54, 1.807) is 60.7 Å². The van der Waals surface area contributed by atoms with Crippen molar-refractivity contribution < 1.29 is 9.05 Å². The fourth-order valence-corrected chi connectivity index (χ4v) is 22.5. The number of benzene rings is 2. The molecule has 0 N–H and O–H groups in total. The Morgan fingerprint density at radius 3 is 1.14 bits per heavy atom. The molecule has 1 aliphatic heterocycles. The van der Waals surface area contributed by atoms with Crippen LogP contribution in [0, 0.1) is 0 Å². The molecule has 2 atom stereocenters. The summed E-state index contributed by atoms with van der Waals surface area (Å²) in [6.45, 7) is -7.06. The van der Waals surface area contributed by atoms with Crippen LogP contribution in [0.5, 0.6) is 11.5 Å². The van der Waals surface area contributed by atoms with Gasteiger partial charge < -0.3 is 9.05 Å². The fourth-order valence-electron chi connectivity index (χ4n) is 1.91. The van der Waals surface area contributed by atoms with E-state index in [0.29, 0.717) is 11.5 Å². The molecule has 16 heteroatoms. The summed E-state index contributed by atoms with van der Waals surface area (Å²) in [4.78, 5) is 0. The van der Waals surface area contributed by atoms with Crippen molar-refractivity contribution in [2.75, 3.05) is 0 Å². The molecule has 0 fully saturated rings. The third kappa shape index (κ3) is 6.86. The third-order valence-electron chi connectivity index (χ3n) is 2.80. The van der Waals surface area contributed by atoms with E-state index in [1.165, 1.54) is 0 Å². The number of halogens is 6. The maximum absolute atomic E-state index is 6.49. The monoisotopic (exact) mass is 576 g/mol. The standard InChI is InChI=1S/C12H10Cl6N4O2P4/c13-25(14)19-27(17,23-11-7-3-1-4-8-11)20-26(15,16)22-28(18,21-25)24-12-9-5-2-6-10-12/h1-10H. The average Bonchev–Trinajstić information content (AvgIpc) is 2.52. The largest absolute Gasteiger partial charge is 0.431 e. The van der Waals surface area contributed by atoms with E-state index >= 15 is 0 Å². The summed E-state index contributed by atoms with van der Waals surface area (Å²) in [6, 6.07) is 17.2. The van der Waals surface area contributed by atoms with Gasteiger partial charge in [-0.2, -0.15) is 18.1 Å². The second kappa shape index (κ2) is 9.05. The first-order chi connectivity index (χ1) is 13.0. The first-order valence-corrected chi connectivity index (χ1v) is 19.3. The van der Waals surface area contributed by atoms with E-state index in [4.69, 9.17) is 76.5 Å². The summed E-state index contributed by atoms with van der Waals surface area (Å²) in [5, 5.41) is 0. The number of hydrogen-bond acceptors (Lipinski definition) is 6. The minimum absolute atomic E-state index is 0.382. The van der Waals surface area contributed by atoms with Crippen LogP contribution in [0.25, 0.3) is 0 Å². The molecule has 0 saturated carbocycles. The zero-order valence-electron chi connectivity index (χ0n) is 13.4. The highest BCUT2D eigenvalue weighted by Gasteiger charge is 2.36. The normalized spacial score (nSPS) is 28.2. The van der Waals surface area contributed by atoms with Crippen LogP contribution in [0.15, 0.2) is 78.7 Å². The lowest BCUT2D eigenvalue weighted by Gasteiger charge is -2.23. The molecule has 0 bridgehead atoms. The zero-order valence-corrected chi connectivity index (χ0v) is 21.5. The average molecular weight is 579 g/mol. The summed E-state index contributed by atoms with van der Waals surface area (Å²) >= 11 is 38.3. The van der Waals surface area contributed by atoms with Crippen LogP contribution < -0.4 is 9.05 Å². The molecule has 6 nitrogen and oxygen atoms in total. The number of para-hydroxylation sites is 2. The Balaban J connectivity index is 2.12. The van der Waals surface area contributed by atoms with Crippen molar-refractivity contribution >= 4 is 92.8 Å². The molecule has 3 rings (SSSR count). The Hall–Kier alpha value is 0.700. The molecule has 1 heterocycles. The molecule has 152 valence electrons. The minimum atomic E-state index is -3.53. The van der Waals surface area contributed by atoms with Crippen molar-refractivity contribution in [3.8, 4) is 11.5 Å². The van der Waals surface area contributed by atoms with E-state index in [0.717, 1.165) is 0 Å². The van der Waals surface area contributed by atoms with E-state index in [9.17, 15) is 0 Å². The lowest BCUT2D eigenvalue weighted by Crippen LogP contribution is -1.87. The van der Waals surface area contributed by atoms with Gasteiger partial charge in [-0.1, -0.05) is 36.4 Å². The van der Waals surface area contributed by atoms with Gasteiger partial charge in [-0.25, -0.2) is 0 Å². The van der Waals surface area contributed by atoms with Gasteiger partial charge in [0.25, 0.3) is 11.8 Å². The van der Waals surface area contributed by atoms with E-state index in [1.807, 2.05) is 0 Å². The van der Waals surface area contributed by atoms with Gasteiger partial charge in [-0.15, -0.1) is 0 Å². The second-order valence-corrected chi connectivity index (χ2v) is 21.3. The van der Waals surface area contributed by atoms with Crippen LogP contribution >= 0.6 is 92.8 Å². The van der Waals surface area contributed by atoms with Crippen molar-refractivity contribution in [2.24, 2.45) is 18.1 Å². The zero-order chi connectivity index (χ0) is 20.5. The van der Waals surface area contributed by atoms with Gasteiger partial charge in [-0.3, -0.25) is 0 Å². The minimum Gasteiger partial charge on any atom is -0.431 e. The van der Waals surface area contributed by atoms with Gasteiger partial charge in [0.05, 0.1) is 0 Å². The molecule has 0 radical (unpaired) electrons. The van der Waals surface area contributed by atoms with Gasteiger partial charge in [-0.05, 0) is 91.7 Å². The molecule has 2 aromatic carbocycles. The predicted molar refractivity (Wildman–Crippen MR) is 127 cm³/mol. The molecule has 0 aromatic heterocycles. The van der Waals surface area contributed by atoms with Gasteiger partial charge in [0, 0.05) is 0 Å². The van der Waals surface area contributed by atoms with Crippen molar-refractivity contribution in [3.05, 3.63) is 60.7 Å². The fraction of sp³-hybridized carbons (Fsp3) is 0. The quantitative estimate of drug-likeness (QED) is 0.339. The van der Waals surface area contributed by atoms with Gasteiger partial charge in [0.15, 0.2) is 0 Å². The first-order valence-electron chi connectivity index (χ1n) is 7.21. The van der Waals surface area contributed by atoms with E-state index in [2.05, 4.69) is 18.1 Å². The Morgan fingerprint density at radius 1 is 0.500 bits per heavy atom. The molecule has 2 aromatic rings. The highest BCUT2D eigenvalue weighted by molar-refractivity contribution is 8.19. The highest BCUT2D eigenvalue weighted by Crippen LogP contribution is 2.86. The third-order valence-corrected chi connectivity index (χ3v) is 18.4. The predicted octanol–water partition coefficient (Wildman–Crippen LogP) is 11.4. The van der Waals surface area contributed by atoms with Gasteiger partial charge in [0.1, 0.15) is 11.5 Å². The van der Waals surface area contributed by atoms with Crippen molar-refractivity contribution in [1.29, 1.82) is 0 Å². The van der Waals surface area contributed by atoms with Crippen LogP contribution in [0.1, 0.15) is 0 Å². The molecule has 1 aliphatic rings. The molecule has 0 saturated heterocycles. The number of nitrogens with zero attached hydrogens (tertiary/aromatic N) is 4. The molecule has 0 aliphatic carbocycles. The van der Waals surface area contributed by atoms with Crippen molar-refractivity contribution in [3.63, 3.8) is 0 Å². The first kappa shape index (κ1) is 23.4. The van der Waals surface area contributed by atoms with Gasteiger partial charge >= 0.3 is 13.6 Å². The lowest BCUT2D eigenvalue weighted by molar-refractivity contribution is 0.618. The summed E-state index contributed by atoms with van der Waals surface area (Å²) in [5.74, 6) is -6.21. The Kier molecular flexibility index (Phi) is 7.56. The summed E-state index contributed by atoms with van der Waals surface area (Å²) < 4.78 is 28.0. The molecule has 0 spiro atoms. The maximum Gasteiger partial charge on any atom is 0.350 e. The van der Waals surface area contributed by atoms with Crippen LogP contribution in [0.3, 0.4) is 0 Å². The molecular weight excluding hydrogens is 569 g/mol. The Morgan fingerprint density at radius 2 is 0.821 bits per heavy atom. The van der Waals surface area contributed by atoms with Crippen molar-refractivity contribution in [1.82, 2.24) is 0 Å². The van der Waals surface area contributed by atoms with Crippen LogP contribution in [0.4, 0.5) is 0 Å². The lowest BCUT2D eigenvalue weighted by atomic mass is 10.3. The topological polar surface area (TPSA) is 67.9 Å².